The Morgan fingerprint density at radius 3 is 2.74 bits per heavy atom. The third-order valence-corrected chi connectivity index (χ3v) is 6.49. The number of primary amides is 1. The lowest BCUT2D eigenvalue weighted by Gasteiger charge is -2.40. The number of amides is 1. The van der Waals surface area contributed by atoms with Gasteiger partial charge in [0, 0.05) is 18.8 Å². The molecule has 0 spiro atoms. The third-order valence-electron chi connectivity index (χ3n) is 6.49. The van der Waals surface area contributed by atoms with Gasteiger partial charge >= 0.3 is 0 Å². The van der Waals surface area contributed by atoms with Gasteiger partial charge in [-0.05, 0) is 61.2 Å². The number of rotatable bonds is 7. The number of carbonyl (C=O) groups is 1. The van der Waals surface area contributed by atoms with E-state index < -0.39 is 5.91 Å². The molecule has 1 aromatic carbocycles. The maximum atomic E-state index is 12.0. The van der Waals surface area contributed by atoms with Crippen LogP contribution in [0.3, 0.4) is 0 Å². The highest BCUT2D eigenvalue weighted by molar-refractivity contribution is 5.96. The van der Waals surface area contributed by atoms with Crippen LogP contribution in [0.2, 0.25) is 0 Å². The molecular formula is C24H28N8O3. The minimum Gasteiger partial charge on any atom is -0.495 e. The first-order chi connectivity index (χ1) is 17.1. The fourth-order valence-electron chi connectivity index (χ4n) is 4.76. The standard InChI is InChI=1S/C24H28N8O3/c1-34-18-7-5-8-26-22(18)28-23-20(21(25)33)30-31-24(29-23)27-17-11-15-13-32-9-4-3-6-16(32)10-14(15)12-19(17)35-2/h5,7-8,11-12,16H,3-4,6,9-10,13H2,1-2H3,(H2,25,33)(H2,26,27,28,29,31). The molecule has 5 rings (SSSR count). The van der Waals surface area contributed by atoms with E-state index in [1.54, 1.807) is 25.4 Å². The van der Waals surface area contributed by atoms with Crippen LogP contribution in [0, 0.1) is 0 Å². The number of benzene rings is 1. The van der Waals surface area contributed by atoms with E-state index in [9.17, 15) is 4.79 Å². The molecule has 1 amide bonds. The summed E-state index contributed by atoms with van der Waals surface area (Å²) in [4.78, 5) is 23.2. The number of nitrogens with one attached hydrogen (secondary N) is 2. The molecule has 1 saturated heterocycles. The molecular weight excluding hydrogens is 448 g/mol. The number of carbonyl (C=O) groups excluding carboxylic acids is 1. The lowest BCUT2D eigenvalue weighted by atomic mass is 9.88. The zero-order valence-electron chi connectivity index (χ0n) is 19.7. The first kappa shape index (κ1) is 22.8. The molecule has 0 aliphatic carbocycles. The van der Waals surface area contributed by atoms with E-state index >= 15 is 0 Å². The lowest BCUT2D eigenvalue weighted by Crippen LogP contribution is -2.43. The smallest absolute Gasteiger partial charge is 0.273 e. The van der Waals surface area contributed by atoms with Crippen molar-refractivity contribution in [3.8, 4) is 11.5 Å². The van der Waals surface area contributed by atoms with Gasteiger partial charge in [0.1, 0.15) is 5.75 Å². The normalized spacial score (nSPS) is 17.1. The summed E-state index contributed by atoms with van der Waals surface area (Å²) < 4.78 is 11.0. The summed E-state index contributed by atoms with van der Waals surface area (Å²) in [5, 5.41) is 14.2. The molecule has 0 bridgehead atoms. The first-order valence-electron chi connectivity index (χ1n) is 11.6. The Hall–Kier alpha value is -3.99. The topological polar surface area (TPSA) is 140 Å². The van der Waals surface area contributed by atoms with Gasteiger partial charge in [-0.2, -0.15) is 4.98 Å². The van der Waals surface area contributed by atoms with Crippen molar-refractivity contribution >= 4 is 29.2 Å². The van der Waals surface area contributed by atoms with Crippen LogP contribution < -0.4 is 25.8 Å². The van der Waals surface area contributed by atoms with E-state index in [4.69, 9.17) is 15.2 Å². The number of nitrogens with two attached hydrogens (primary N) is 1. The summed E-state index contributed by atoms with van der Waals surface area (Å²) in [6.45, 7) is 2.04. The maximum Gasteiger partial charge on any atom is 0.273 e. The average Bonchev–Trinajstić information content (AvgIpc) is 2.87. The van der Waals surface area contributed by atoms with Gasteiger partial charge < -0.3 is 25.8 Å². The van der Waals surface area contributed by atoms with Crippen molar-refractivity contribution in [2.75, 3.05) is 31.4 Å². The minimum atomic E-state index is -0.767. The van der Waals surface area contributed by atoms with Crippen molar-refractivity contribution < 1.29 is 14.3 Å². The molecule has 2 aromatic heterocycles. The number of ether oxygens (including phenoxy) is 2. The molecule has 1 atom stereocenters. The molecule has 1 unspecified atom stereocenters. The molecule has 35 heavy (non-hydrogen) atoms. The Morgan fingerprint density at radius 2 is 1.94 bits per heavy atom. The Balaban J connectivity index is 1.46. The van der Waals surface area contributed by atoms with Crippen molar-refractivity contribution in [1.29, 1.82) is 0 Å². The highest BCUT2D eigenvalue weighted by Gasteiger charge is 2.29. The summed E-state index contributed by atoms with van der Waals surface area (Å²) in [7, 11) is 3.16. The highest BCUT2D eigenvalue weighted by Crippen LogP contribution is 2.36. The number of methoxy groups -OCH3 is 2. The van der Waals surface area contributed by atoms with E-state index in [2.05, 4.69) is 47.8 Å². The van der Waals surface area contributed by atoms with Crippen molar-refractivity contribution in [2.45, 2.75) is 38.3 Å². The molecule has 4 N–H and O–H groups in total. The van der Waals surface area contributed by atoms with Crippen LogP contribution in [0.5, 0.6) is 11.5 Å². The van der Waals surface area contributed by atoms with Crippen molar-refractivity contribution in [3.63, 3.8) is 0 Å². The largest absolute Gasteiger partial charge is 0.495 e. The second kappa shape index (κ2) is 9.71. The first-order valence-corrected chi connectivity index (χ1v) is 11.6. The number of pyridine rings is 1. The minimum absolute atomic E-state index is 0.111. The predicted octanol–water partition coefficient (Wildman–Crippen LogP) is 2.78. The number of fused-ring (bicyclic) bond motifs is 2. The van der Waals surface area contributed by atoms with E-state index in [0.29, 0.717) is 23.4 Å². The van der Waals surface area contributed by atoms with Gasteiger partial charge in [0.15, 0.2) is 23.1 Å². The number of anilines is 4. The molecule has 0 saturated carbocycles. The van der Waals surface area contributed by atoms with Crippen LogP contribution in [0.4, 0.5) is 23.3 Å². The van der Waals surface area contributed by atoms with Crippen LogP contribution in [0.15, 0.2) is 30.5 Å². The molecule has 11 heteroatoms. The van der Waals surface area contributed by atoms with Crippen molar-refractivity contribution in [1.82, 2.24) is 25.1 Å². The zero-order valence-corrected chi connectivity index (χ0v) is 19.7. The molecule has 2 aliphatic rings. The molecule has 0 radical (unpaired) electrons. The Kier molecular flexibility index (Phi) is 6.32. The van der Waals surface area contributed by atoms with E-state index in [-0.39, 0.29) is 17.5 Å². The van der Waals surface area contributed by atoms with Gasteiger partial charge in [-0.15, -0.1) is 10.2 Å². The van der Waals surface area contributed by atoms with Gasteiger partial charge in [0.25, 0.3) is 5.91 Å². The average molecular weight is 477 g/mol. The number of hydrogen-bond acceptors (Lipinski definition) is 10. The summed E-state index contributed by atoms with van der Waals surface area (Å²) in [6.07, 6.45) is 6.39. The van der Waals surface area contributed by atoms with Crippen LogP contribution >= 0.6 is 0 Å². The third kappa shape index (κ3) is 4.67. The SMILES string of the molecule is COc1cc2c(cc1Nc1nnc(C(N)=O)c(Nc3ncccc3OC)n1)CN1CCCCC1C2. The molecule has 11 nitrogen and oxygen atoms in total. The number of hydrogen-bond donors (Lipinski definition) is 3. The van der Waals surface area contributed by atoms with Gasteiger partial charge in [-0.25, -0.2) is 4.98 Å². The van der Waals surface area contributed by atoms with E-state index in [1.165, 1.54) is 37.5 Å². The number of nitrogens with zero attached hydrogens (tertiary/aromatic N) is 5. The monoisotopic (exact) mass is 476 g/mol. The fraction of sp³-hybridized carbons (Fsp3) is 0.375. The second-order valence-corrected chi connectivity index (χ2v) is 8.65. The quantitative estimate of drug-likeness (QED) is 0.466. The number of piperidine rings is 1. The molecule has 1 fully saturated rings. The summed E-state index contributed by atoms with van der Waals surface area (Å²) >= 11 is 0. The highest BCUT2D eigenvalue weighted by atomic mass is 16.5. The lowest BCUT2D eigenvalue weighted by molar-refractivity contribution is 0.0995. The number of aromatic nitrogens is 4. The molecule has 2 aliphatic heterocycles. The van der Waals surface area contributed by atoms with Crippen LogP contribution in [-0.2, 0) is 13.0 Å². The van der Waals surface area contributed by atoms with Gasteiger partial charge in [0.05, 0.1) is 19.9 Å². The molecule has 4 heterocycles. The van der Waals surface area contributed by atoms with Crippen LogP contribution in [-0.4, -0.2) is 57.8 Å². The second-order valence-electron chi connectivity index (χ2n) is 8.65. The Morgan fingerprint density at radius 1 is 1.09 bits per heavy atom. The van der Waals surface area contributed by atoms with E-state index in [0.717, 1.165) is 25.2 Å². The van der Waals surface area contributed by atoms with Crippen molar-refractivity contribution in [2.24, 2.45) is 5.73 Å². The zero-order chi connectivity index (χ0) is 24.4. The van der Waals surface area contributed by atoms with Gasteiger partial charge in [-0.1, -0.05) is 6.42 Å². The summed E-state index contributed by atoms with van der Waals surface area (Å²) in [6, 6.07) is 8.24. The summed E-state index contributed by atoms with van der Waals surface area (Å²) in [5.41, 5.74) is 8.67. The maximum absolute atomic E-state index is 12.0. The van der Waals surface area contributed by atoms with Gasteiger partial charge in [-0.3, -0.25) is 9.69 Å². The summed E-state index contributed by atoms with van der Waals surface area (Å²) in [5.74, 6) is 1.06. The Bertz CT molecular complexity index is 1250. The van der Waals surface area contributed by atoms with Gasteiger partial charge in [0.2, 0.25) is 5.95 Å². The van der Waals surface area contributed by atoms with Crippen LogP contribution in [0.25, 0.3) is 0 Å². The fourth-order valence-corrected chi connectivity index (χ4v) is 4.76. The van der Waals surface area contributed by atoms with Crippen LogP contribution in [0.1, 0.15) is 40.9 Å². The molecule has 3 aromatic rings. The molecule has 182 valence electrons. The van der Waals surface area contributed by atoms with E-state index in [1.807, 2.05) is 0 Å². The van der Waals surface area contributed by atoms with Crippen molar-refractivity contribution in [3.05, 3.63) is 47.3 Å². The predicted molar refractivity (Wildman–Crippen MR) is 130 cm³/mol. The Labute approximate surface area is 203 Å².